The predicted octanol–water partition coefficient (Wildman–Crippen LogP) is 0.0847. The third-order valence-electron chi connectivity index (χ3n) is 3.26. The number of likely N-dealkylation sites (N-methyl/N-ethyl adjacent to an activating group) is 1. The summed E-state index contributed by atoms with van der Waals surface area (Å²) in [7, 11) is 1.66. The molecule has 1 aromatic heterocycles. The summed E-state index contributed by atoms with van der Waals surface area (Å²) in [5.74, 6) is 0.896. The summed E-state index contributed by atoms with van der Waals surface area (Å²) in [5.41, 5.74) is 2.23. The summed E-state index contributed by atoms with van der Waals surface area (Å²) in [6, 6.07) is 0. The van der Waals surface area contributed by atoms with E-state index in [1.54, 1.807) is 13.4 Å². The first kappa shape index (κ1) is 13.7. The number of rotatable bonds is 5. The highest BCUT2D eigenvalue weighted by Crippen LogP contribution is 2.22. The van der Waals surface area contributed by atoms with E-state index >= 15 is 0 Å². The highest BCUT2D eigenvalue weighted by Gasteiger charge is 2.20. The van der Waals surface area contributed by atoms with E-state index in [9.17, 15) is 4.79 Å². The first-order valence-electron chi connectivity index (χ1n) is 6.75. The van der Waals surface area contributed by atoms with Crippen molar-refractivity contribution in [3.63, 3.8) is 0 Å². The highest BCUT2D eigenvalue weighted by atomic mass is 16.1. The Morgan fingerprint density at radius 1 is 1.53 bits per heavy atom. The first-order valence-corrected chi connectivity index (χ1v) is 6.75. The Kier molecular flexibility index (Phi) is 4.68. The van der Waals surface area contributed by atoms with Gasteiger partial charge in [-0.05, 0) is 6.42 Å². The summed E-state index contributed by atoms with van der Waals surface area (Å²) >= 11 is 0. The third kappa shape index (κ3) is 3.20. The van der Waals surface area contributed by atoms with Crippen LogP contribution in [0.2, 0.25) is 0 Å². The van der Waals surface area contributed by atoms with Crippen LogP contribution in [-0.4, -0.2) is 42.6 Å². The molecule has 0 spiro atoms. The van der Waals surface area contributed by atoms with E-state index in [0.29, 0.717) is 6.54 Å². The third-order valence-corrected chi connectivity index (χ3v) is 3.26. The smallest absolute Gasteiger partial charge is 0.239 e. The fraction of sp³-hybridized carbons (Fsp3) is 0.615. The fourth-order valence-electron chi connectivity index (χ4n) is 2.31. The highest BCUT2D eigenvalue weighted by molar-refractivity contribution is 5.81. The monoisotopic (exact) mass is 263 g/mol. The average molecular weight is 263 g/mol. The predicted molar refractivity (Wildman–Crippen MR) is 74.0 cm³/mol. The van der Waals surface area contributed by atoms with Gasteiger partial charge in [0.1, 0.15) is 12.1 Å². The van der Waals surface area contributed by atoms with Crippen molar-refractivity contribution in [1.82, 2.24) is 20.6 Å². The van der Waals surface area contributed by atoms with E-state index in [1.165, 1.54) is 0 Å². The number of anilines is 1. The molecule has 6 nitrogen and oxygen atoms in total. The first-order chi connectivity index (χ1) is 9.26. The van der Waals surface area contributed by atoms with Crippen LogP contribution in [0.4, 0.5) is 5.82 Å². The van der Waals surface area contributed by atoms with Crippen LogP contribution in [0.25, 0.3) is 0 Å². The number of hydrogen-bond acceptors (Lipinski definition) is 5. The largest absolute Gasteiger partial charge is 0.358 e. The minimum absolute atomic E-state index is 0.00424. The van der Waals surface area contributed by atoms with Crippen LogP contribution < -0.4 is 15.5 Å². The zero-order valence-corrected chi connectivity index (χ0v) is 11.6. The van der Waals surface area contributed by atoms with E-state index in [-0.39, 0.29) is 5.91 Å². The zero-order chi connectivity index (χ0) is 13.7. The number of amides is 1. The average Bonchev–Trinajstić information content (AvgIpc) is 2.46. The van der Waals surface area contributed by atoms with Gasteiger partial charge in [0.05, 0.1) is 12.2 Å². The van der Waals surface area contributed by atoms with Gasteiger partial charge in [0, 0.05) is 38.7 Å². The SMILES string of the molecule is CCCN(CC(=O)NC)c1ncnc2c1CNCC2. The Bertz CT molecular complexity index is 449. The van der Waals surface area contributed by atoms with Crippen LogP contribution in [-0.2, 0) is 17.8 Å². The van der Waals surface area contributed by atoms with Gasteiger partial charge in [0.2, 0.25) is 5.91 Å². The quantitative estimate of drug-likeness (QED) is 0.787. The van der Waals surface area contributed by atoms with Crippen molar-refractivity contribution >= 4 is 11.7 Å². The second kappa shape index (κ2) is 6.47. The van der Waals surface area contributed by atoms with Crippen molar-refractivity contribution in [2.24, 2.45) is 0 Å². The lowest BCUT2D eigenvalue weighted by molar-refractivity contribution is -0.119. The molecule has 104 valence electrons. The molecule has 1 amide bonds. The van der Waals surface area contributed by atoms with Gasteiger partial charge in [-0.1, -0.05) is 6.92 Å². The van der Waals surface area contributed by atoms with Gasteiger partial charge in [-0.3, -0.25) is 4.79 Å². The van der Waals surface area contributed by atoms with Crippen molar-refractivity contribution in [1.29, 1.82) is 0 Å². The van der Waals surface area contributed by atoms with Gasteiger partial charge in [0.25, 0.3) is 0 Å². The maximum absolute atomic E-state index is 11.6. The van der Waals surface area contributed by atoms with Gasteiger partial charge in [-0.25, -0.2) is 9.97 Å². The molecule has 0 atom stereocenters. The van der Waals surface area contributed by atoms with Gasteiger partial charge in [-0.15, -0.1) is 0 Å². The van der Waals surface area contributed by atoms with Crippen LogP contribution in [0.1, 0.15) is 24.6 Å². The molecule has 0 saturated carbocycles. The van der Waals surface area contributed by atoms with Gasteiger partial charge >= 0.3 is 0 Å². The molecule has 19 heavy (non-hydrogen) atoms. The van der Waals surface area contributed by atoms with Crippen LogP contribution in [0, 0.1) is 0 Å². The number of fused-ring (bicyclic) bond motifs is 1. The molecule has 2 heterocycles. The number of carbonyl (C=O) groups is 1. The second-order valence-electron chi connectivity index (χ2n) is 4.64. The van der Waals surface area contributed by atoms with Crippen LogP contribution >= 0.6 is 0 Å². The molecule has 0 unspecified atom stereocenters. The molecule has 2 N–H and O–H groups in total. The zero-order valence-electron chi connectivity index (χ0n) is 11.6. The summed E-state index contributed by atoms with van der Waals surface area (Å²) < 4.78 is 0. The molecule has 0 bridgehead atoms. The minimum atomic E-state index is 0.00424. The summed E-state index contributed by atoms with van der Waals surface area (Å²) in [6.45, 7) is 4.99. The van der Waals surface area contributed by atoms with E-state index in [4.69, 9.17) is 0 Å². The van der Waals surface area contributed by atoms with Crippen LogP contribution in [0.5, 0.6) is 0 Å². The minimum Gasteiger partial charge on any atom is -0.358 e. The molecule has 1 aromatic rings. The Hall–Kier alpha value is -1.69. The number of carbonyl (C=O) groups excluding carboxylic acids is 1. The normalized spacial score (nSPS) is 13.8. The van der Waals surface area contributed by atoms with Crippen LogP contribution in [0.3, 0.4) is 0 Å². The van der Waals surface area contributed by atoms with Crippen molar-refractivity contribution in [3.05, 3.63) is 17.6 Å². The lowest BCUT2D eigenvalue weighted by atomic mass is 10.1. The molecular weight excluding hydrogens is 242 g/mol. The molecular formula is C13H21N5O. The molecule has 6 heteroatoms. The van der Waals surface area contributed by atoms with Crippen molar-refractivity contribution in [2.45, 2.75) is 26.3 Å². The molecule has 0 aromatic carbocycles. The molecule has 0 aliphatic carbocycles. The molecule has 0 fully saturated rings. The number of hydrogen-bond donors (Lipinski definition) is 2. The Morgan fingerprint density at radius 2 is 2.37 bits per heavy atom. The van der Waals surface area contributed by atoms with Gasteiger partial charge in [-0.2, -0.15) is 0 Å². The standard InChI is InChI=1S/C13H21N5O/c1-3-6-18(8-12(19)14-2)13-10-7-15-5-4-11(10)16-9-17-13/h9,15H,3-8H2,1-2H3,(H,14,19). The maximum atomic E-state index is 11.6. The lowest BCUT2D eigenvalue weighted by Crippen LogP contribution is -2.38. The van der Waals surface area contributed by atoms with E-state index in [1.807, 2.05) is 4.90 Å². The summed E-state index contributed by atoms with van der Waals surface area (Å²) in [5, 5.41) is 6.00. The Balaban J connectivity index is 2.27. The Morgan fingerprint density at radius 3 is 3.11 bits per heavy atom. The van der Waals surface area contributed by atoms with Gasteiger partial charge in [0.15, 0.2) is 0 Å². The summed E-state index contributed by atoms with van der Waals surface area (Å²) in [4.78, 5) is 22.4. The van der Waals surface area contributed by atoms with E-state index in [2.05, 4.69) is 27.5 Å². The maximum Gasteiger partial charge on any atom is 0.239 e. The Labute approximate surface area is 113 Å². The van der Waals surface area contributed by atoms with Crippen molar-refractivity contribution in [3.8, 4) is 0 Å². The fourth-order valence-corrected chi connectivity index (χ4v) is 2.31. The lowest BCUT2D eigenvalue weighted by Gasteiger charge is -2.27. The van der Waals surface area contributed by atoms with E-state index < -0.39 is 0 Å². The second-order valence-corrected chi connectivity index (χ2v) is 4.64. The van der Waals surface area contributed by atoms with Crippen LogP contribution in [0.15, 0.2) is 6.33 Å². The molecule has 0 radical (unpaired) electrons. The van der Waals surface area contributed by atoms with Crippen molar-refractivity contribution < 1.29 is 4.79 Å². The number of nitrogens with zero attached hydrogens (tertiary/aromatic N) is 3. The number of aromatic nitrogens is 2. The van der Waals surface area contributed by atoms with Gasteiger partial charge < -0.3 is 15.5 Å². The summed E-state index contributed by atoms with van der Waals surface area (Å²) in [6.07, 6.45) is 3.50. The molecule has 1 aliphatic heterocycles. The van der Waals surface area contributed by atoms with Crippen molar-refractivity contribution in [2.75, 3.05) is 31.6 Å². The van der Waals surface area contributed by atoms with E-state index in [0.717, 1.165) is 49.6 Å². The topological polar surface area (TPSA) is 70.2 Å². The molecule has 0 saturated heterocycles. The molecule has 2 rings (SSSR count). The number of nitrogens with one attached hydrogen (secondary N) is 2. The molecule has 1 aliphatic rings.